The van der Waals surface area contributed by atoms with E-state index in [-0.39, 0.29) is 11.1 Å². The topological polar surface area (TPSA) is 22.1 Å². The molecule has 2 heterocycles. The molecule has 1 aliphatic rings. The predicted molar refractivity (Wildman–Crippen MR) is 123 cm³/mol. The Morgan fingerprint density at radius 2 is 1.66 bits per heavy atom. The Bertz CT molecular complexity index is 936. The Morgan fingerprint density at radius 1 is 0.931 bits per heavy atom. The van der Waals surface area contributed by atoms with E-state index in [2.05, 4.69) is 92.5 Å². The van der Waals surface area contributed by atoms with Crippen molar-refractivity contribution in [1.82, 2.24) is 4.98 Å². The molecule has 3 heteroatoms. The molecule has 1 aliphatic heterocycles. The van der Waals surface area contributed by atoms with Gasteiger partial charge in [0.25, 0.3) is 0 Å². The molecular formula is C26H31NOSi. The van der Waals surface area contributed by atoms with Crippen molar-refractivity contribution in [3.63, 3.8) is 0 Å². The zero-order chi connectivity index (χ0) is 20.3. The number of nitrogens with zero attached hydrogens (tertiary/aromatic N) is 1. The van der Waals surface area contributed by atoms with Gasteiger partial charge in [0.2, 0.25) is 8.32 Å². The Balaban J connectivity index is 1.78. The van der Waals surface area contributed by atoms with E-state index in [1.54, 1.807) is 0 Å². The first-order chi connectivity index (χ1) is 14.0. The molecule has 150 valence electrons. The molecule has 1 aromatic heterocycles. The van der Waals surface area contributed by atoms with E-state index in [4.69, 9.17) is 4.43 Å². The average molecular weight is 402 g/mol. The lowest BCUT2D eigenvalue weighted by Crippen LogP contribution is -2.61. The summed E-state index contributed by atoms with van der Waals surface area (Å²) in [6.45, 7) is 7.14. The van der Waals surface area contributed by atoms with Crippen molar-refractivity contribution in [1.29, 1.82) is 0 Å². The standard InChI is InChI=1S/C26H31NOSi/c1-26(2,3)29(19-11-15-22-14-7-8-17-25(22)29)28-24(21-12-5-4-6-13-21)20-23-16-9-10-18-27-23/h4-10,12-14,16-18,24H,11,15,19-20H2,1-3H3/t24-,29+/m0/s1. The van der Waals surface area contributed by atoms with Crippen LogP contribution in [-0.4, -0.2) is 13.3 Å². The summed E-state index contributed by atoms with van der Waals surface area (Å²) in [6.07, 6.45) is 5.08. The summed E-state index contributed by atoms with van der Waals surface area (Å²) >= 11 is 0. The molecule has 0 N–H and O–H groups in total. The minimum Gasteiger partial charge on any atom is -0.405 e. The van der Waals surface area contributed by atoms with Gasteiger partial charge in [-0.1, -0.05) is 81.4 Å². The fraction of sp³-hybridized carbons (Fsp3) is 0.346. The summed E-state index contributed by atoms with van der Waals surface area (Å²) < 4.78 is 7.36. The number of hydrogen-bond acceptors (Lipinski definition) is 2. The minimum absolute atomic E-state index is 0.0168. The Morgan fingerprint density at radius 3 is 2.38 bits per heavy atom. The van der Waals surface area contributed by atoms with Crippen molar-refractivity contribution >= 4 is 13.5 Å². The van der Waals surface area contributed by atoms with Crippen molar-refractivity contribution in [3.8, 4) is 0 Å². The second kappa shape index (κ2) is 8.25. The molecule has 0 aliphatic carbocycles. The first-order valence-electron chi connectivity index (χ1n) is 10.7. The number of pyridine rings is 1. The fourth-order valence-corrected chi connectivity index (χ4v) is 9.62. The van der Waals surface area contributed by atoms with Crippen molar-refractivity contribution in [2.45, 2.75) is 57.2 Å². The highest BCUT2D eigenvalue weighted by Gasteiger charge is 2.51. The highest BCUT2D eigenvalue weighted by atomic mass is 28.4. The zero-order valence-electron chi connectivity index (χ0n) is 17.8. The molecule has 4 rings (SSSR count). The van der Waals surface area contributed by atoms with Crippen LogP contribution in [0.3, 0.4) is 0 Å². The van der Waals surface area contributed by atoms with Crippen molar-refractivity contribution in [2.24, 2.45) is 0 Å². The van der Waals surface area contributed by atoms with Crippen LogP contribution >= 0.6 is 0 Å². The second-order valence-electron chi connectivity index (χ2n) is 9.13. The maximum atomic E-state index is 7.36. The van der Waals surface area contributed by atoms with E-state index < -0.39 is 8.32 Å². The lowest BCUT2D eigenvalue weighted by Gasteiger charge is -2.48. The van der Waals surface area contributed by atoms with Gasteiger partial charge in [-0.3, -0.25) is 4.98 Å². The summed E-state index contributed by atoms with van der Waals surface area (Å²) in [4.78, 5) is 4.60. The van der Waals surface area contributed by atoms with Crippen LogP contribution in [-0.2, 0) is 17.3 Å². The molecule has 2 nitrogen and oxygen atoms in total. The van der Waals surface area contributed by atoms with Gasteiger partial charge >= 0.3 is 0 Å². The maximum Gasteiger partial charge on any atom is 0.230 e. The number of benzene rings is 2. The fourth-order valence-electron chi connectivity index (χ4n) is 4.72. The van der Waals surface area contributed by atoms with Crippen LogP contribution in [0.15, 0.2) is 79.0 Å². The van der Waals surface area contributed by atoms with Gasteiger partial charge in [0, 0.05) is 18.3 Å². The maximum absolute atomic E-state index is 7.36. The highest BCUT2D eigenvalue weighted by molar-refractivity contribution is 6.89. The minimum atomic E-state index is -2.23. The van der Waals surface area contributed by atoms with Gasteiger partial charge < -0.3 is 4.43 Å². The molecule has 0 unspecified atom stereocenters. The molecule has 0 saturated heterocycles. The van der Waals surface area contributed by atoms with Crippen LogP contribution in [0.2, 0.25) is 11.1 Å². The van der Waals surface area contributed by atoms with Gasteiger partial charge in [-0.15, -0.1) is 0 Å². The molecule has 2 atom stereocenters. The van der Waals surface area contributed by atoms with E-state index in [0.29, 0.717) is 0 Å². The molecular weight excluding hydrogens is 370 g/mol. The lowest BCUT2D eigenvalue weighted by atomic mass is 10.0. The quantitative estimate of drug-likeness (QED) is 0.491. The number of fused-ring (bicyclic) bond motifs is 1. The van der Waals surface area contributed by atoms with Crippen LogP contribution in [0.1, 0.15) is 50.1 Å². The van der Waals surface area contributed by atoms with Crippen LogP contribution in [0.5, 0.6) is 0 Å². The van der Waals surface area contributed by atoms with E-state index in [0.717, 1.165) is 12.1 Å². The molecule has 29 heavy (non-hydrogen) atoms. The molecule has 0 fully saturated rings. The number of aromatic nitrogens is 1. The molecule has 0 amide bonds. The molecule has 0 saturated carbocycles. The van der Waals surface area contributed by atoms with Crippen LogP contribution in [0.25, 0.3) is 0 Å². The third-order valence-electron chi connectivity index (χ3n) is 6.27. The van der Waals surface area contributed by atoms with Crippen molar-refractivity contribution in [2.75, 3.05) is 0 Å². The summed E-state index contributed by atoms with van der Waals surface area (Å²) in [6, 6.07) is 27.1. The summed E-state index contributed by atoms with van der Waals surface area (Å²) in [7, 11) is -2.23. The van der Waals surface area contributed by atoms with Gasteiger partial charge in [-0.2, -0.15) is 0 Å². The second-order valence-corrected chi connectivity index (χ2v) is 13.6. The predicted octanol–water partition coefficient (Wildman–Crippen LogP) is 5.98. The molecule has 2 aromatic carbocycles. The monoisotopic (exact) mass is 401 g/mol. The van der Waals surface area contributed by atoms with Gasteiger partial charge in [-0.25, -0.2) is 0 Å². The van der Waals surface area contributed by atoms with E-state index in [1.807, 2.05) is 12.3 Å². The van der Waals surface area contributed by atoms with E-state index in [1.165, 1.54) is 35.2 Å². The smallest absolute Gasteiger partial charge is 0.230 e. The normalized spacial score (nSPS) is 20.1. The molecule has 0 radical (unpaired) electrons. The molecule has 0 spiro atoms. The Hall–Kier alpha value is -2.23. The van der Waals surface area contributed by atoms with Gasteiger partial charge in [0.15, 0.2) is 0 Å². The highest BCUT2D eigenvalue weighted by Crippen LogP contribution is 2.45. The largest absolute Gasteiger partial charge is 0.405 e. The molecule has 0 bridgehead atoms. The Labute approximate surface area is 176 Å². The lowest BCUT2D eigenvalue weighted by molar-refractivity contribution is 0.181. The average Bonchev–Trinajstić information content (AvgIpc) is 2.74. The zero-order valence-corrected chi connectivity index (χ0v) is 18.8. The van der Waals surface area contributed by atoms with Gasteiger partial charge in [-0.05, 0) is 52.4 Å². The summed E-state index contributed by atoms with van der Waals surface area (Å²) in [5.41, 5.74) is 3.82. The van der Waals surface area contributed by atoms with E-state index >= 15 is 0 Å². The van der Waals surface area contributed by atoms with Crippen molar-refractivity contribution in [3.05, 3.63) is 95.8 Å². The summed E-state index contributed by atoms with van der Waals surface area (Å²) in [5.74, 6) is 0. The van der Waals surface area contributed by atoms with Crippen molar-refractivity contribution < 1.29 is 4.43 Å². The number of rotatable bonds is 5. The first kappa shape index (κ1) is 20.1. The number of hydrogen-bond donors (Lipinski definition) is 0. The Kier molecular flexibility index (Phi) is 5.71. The third kappa shape index (κ3) is 4.07. The van der Waals surface area contributed by atoms with E-state index in [9.17, 15) is 0 Å². The van der Waals surface area contributed by atoms with Gasteiger partial charge in [0.05, 0.1) is 6.10 Å². The van der Waals surface area contributed by atoms with Gasteiger partial charge in [0.1, 0.15) is 0 Å². The third-order valence-corrected chi connectivity index (χ3v) is 11.8. The molecule has 3 aromatic rings. The van der Waals surface area contributed by atoms with Crippen LogP contribution < -0.4 is 5.19 Å². The SMILES string of the molecule is CC(C)(C)[Si@@]1(O[C@@H](Cc2ccccn2)c2ccccc2)CCCc2ccccc21. The first-order valence-corrected chi connectivity index (χ1v) is 12.8. The summed E-state index contributed by atoms with van der Waals surface area (Å²) in [5, 5.41) is 1.61. The van der Waals surface area contributed by atoms with Crippen LogP contribution in [0, 0.1) is 0 Å². The van der Waals surface area contributed by atoms with Crippen LogP contribution in [0.4, 0.5) is 0 Å². The number of aryl methyl sites for hydroxylation is 1.